The molecule has 3 rings (SSSR count). The van der Waals surface area contributed by atoms with E-state index >= 15 is 0 Å². The number of ketones is 1. The van der Waals surface area contributed by atoms with E-state index < -0.39 is 6.04 Å². The highest BCUT2D eigenvalue weighted by molar-refractivity contribution is 6.11. The van der Waals surface area contributed by atoms with Crippen LogP contribution in [0.3, 0.4) is 0 Å². The summed E-state index contributed by atoms with van der Waals surface area (Å²) in [4.78, 5) is 34.7. The lowest BCUT2D eigenvalue weighted by Gasteiger charge is -2.38. The van der Waals surface area contributed by atoms with Crippen molar-refractivity contribution in [3.63, 3.8) is 0 Å². The van der Waals surface area contributed by atoms with Crippen LogP contribution in [0.15, 0.2) is 69.5 Å². The molecule has 33 heavy (non-hydrogen) atoms. The molecule has 1 aliphatic heterocycles. The molecule has 0 bridgehead atoms. The van der Waals surface area contributed by atoms with E-state index in [4.69, 9.17) is 4.74 Å². The number of benzene rings is 1. The van der Waals surface area contributed by atoms with Crippen LogP contribution in [0.25, 0.3) is 6.08 Å². The van der Waals surface area contributed by atoms with Gasteiger partial charge in [-0.3, -0.25) is 14.5 Å². The standard InChI is InChI=1S/C27H33N3O3/c1-17(16-21-8-14-24(33-7)15-9-21)27(32)30-20(4)28-18(2)25(19(3)31)26(30)22-10-12-23(13-11-22)29(5)6/h8-10,12,14-16,26H,11,13H2,1-7H3/b17-16-. The summed E-state index contributed by atoms with van der Waals surface area (Å²) in [6, 6.07) is 7.09. The average Bonchev–Trinajstić information content (AvgIpc) is 2.78. The summed E-state index contributed by atoms with van der Waals surface area (Å²) in [5, 5.41) is 0. The Labute approximate surface area is 196 Å². The quantitative estimate of drug-likeness (QED) is 0.590. The lowest BCUT2D eigenvalue weighted by atomic mass is 9.86. The van der Waals surface area contributed by atoms with E-state index in [2.05, 4.69) is 22.0 Å². The van der Waals surface area contributed by atoms with Crippen LogP contribution in [0.1, 0.15) is 46.1 Å². The summed E-state index contributed by atoms with van der Waals surface area (Å²) >= 11 is 0. The second kappa shape index (κ2) is 10.0. The first-order valence-electron chi connectivity index (χ1n) is 11.1. The monoisotopic (exact) mass is 447 g/mol. The van der Waals surface area contributed by atoms with Crippen LogP contribution in [0, 0.1) is 0 Å². The van der Waals surface area contributed by atoms with Gasteiger partial charge in [0.15, 0.2) is 5.78 Å². The van der Waals surface area contributed by atoms with E-state index in [0.29, 0.717) is 22.7 Å². The molecule has 1 unspecified atom stereocenters. The molecule has 6 nitrogen and oxygen atoms in total. The summed E-state index contributed by atoms with van der Waals surface area (Å²) in [5.41, 5.74) is 5.00. The molecule has 0 saturated heterocycles. The highest BCUT2D eigenvalue weighted by Gasteiger charge is 2.38. The van der Waals surface area contributed by atoms with Crippen molar-refractivity contribution in [2.24, 2.45) is 4.99 Å². The lowest BCUT2D eigenvalue weighted by Crippen LogP contribution is -2.49. The predicted octanol–water partition coefficient (Wildman–Crippen LogP) is 4.76. The molecule has 174 valence electrons. The molecule has 1 aromatic carbocycles. The largest absolute Gasteiger partial charge is 0.497 e. The predicted molar refractivity (Wildman–Crippen MR) is 133 cm³/mol. The Hall–Kier alpha value is -3.41. The number of ether oxygens (including phenoxy) is 1. The van der Waals surface area contributed by atoms with Gasteiger partial charge in [0.05, 0.1) is 13.2 Å². The molecule has 1 aromatic rings. The molecule has 0 radical (unpaired) electrons. The molecule has 1 amide bonds. The number of rotatable bonds is 6. The van der Waals surface area contributed by atoms with Crippen LogP contribution in [0.5, 0.6) is 5.75 Å². The maximum absolute atomic E-state index is 13.7. The number of amidine groups is 1. The number of carbonyl (C=O) groups is 2. The van der Waals surface area contributed by atoms with Gasteiger partial charge in [-0.1, -0.05) is 18.2 Å². The number of nitrogens with zero attached hydrogens (tertiary/aromatic N) is 3. The molecular formula is C27H33N3O3. The third kappa shape index (κ3) is 5.16. The van der Waals surface area contributed by atoms with Crippen molar-refractivity contribution in [1.29, 1.82) is 0 Å². The Balaban J connectivity index is 2.03. The van der Waals surface area contributed by atoms with Crippen LogP contribution in [-0.2, 0) is 9.59 Å². The minimum Gasteiger partial charge on any atom is -0.497 e. The number of allylic oxidation sites excluding steroid dienone is 4. The first-order valence-corrected chi connectivity index (χ1v) is 11.1. The van der Waals surface area contributed by atoms with Crippen molar-refractivity contribution in [3.8, 4) is 5.75 Å². The van der Waals surface area contributed by atoms with Gasteiger partial charge in [-0.25, -0.2) is 4.99 Å². The topological polar surface area (TPSA) is 62.2 Å². The average molecular weight is 448 g/mol. The number of amides is 1. The number of carbonyl (C=O) groups excluding carboxylic acids is 2. The zero-order chi connectivity index (χ0) is 24.3. The van der Waals surface area contributed by atoms with Gasteiger partial charge < -0.3 is 9.64 Å². The first-order chi connectivity index (χ1) is 15.6. The number of aliphatic imine (C=N–C) groups is 1. The summed E-state index contributed by atoms with van der Waals surface area (Å²) in [6.07, 6.45) is 7.62. The molecule has 1 atom stereocenters. The first kappa shape index (κ1) is 24.2. The SMILES string of the molecule is COc1ccc(/C=C(/C)C(=O)N2C(C)=NC(C)=C(C(C)=O)C2C2=CC=C(N(C)C)CC2)cc1. The van der Waals surface area contributed by atoms with Gasteiger partial charge in [0, 0.05) is 36.6 Å². The van der Waals surface area contributed by atoms with Gasteiger partial charge in [0.2, 0.25) is 0 Å². The molecule has 0 fully saturated rings. The van der Waals surface area contributed by atoms with Gasteiger partial charge in [0.1, 0.15) is 11.6 Å². The van der Waals surface area contributed by atoms with Crippen LogP contribution in [0.2, 0.25) is 0 Å². The number of hydrogen-bond donors (Lipinski definition) is 0. The third-order valence-corrected chi connectivity index (χ3v) is 6.12. The maximum atomic E-state index is 13.7. The number of Topliss-reactive ketones (excluding diaryl/α,β-unsaturated/α-hetero) is 1. The van der Waals surface area contributed by atoms with Crippen molar-refractivity contribution < 1.29 is 14.3 Å². The maximum Gasteiger partial charge on any atom is 0.255 e. The Morgan fingerprint density at radius 3 is 2.27 bits per heavy atom. The second-order valence-corrected chi connectivity index (χ2v) is 8.69. The number of methoxy groups -OCH3 is 1. The molecule has 1 aliphatic carbocycles. The Kier molecular flexibility index (Phi) is 7.36. The van der Waals surface area contributed by atoms with Crippen LogP contribution >= 0.6 is 0 Å². The van der Waals surface area contributed by atoms with Crippen molar-refractivity contribution in [2.45, 2.75) is 46.6 Å². The van der Waals surface area contributed by atoms with E-state index in [1.54, 1.807) is 25.9 Å². The van der Waals surface area contributed by atoms with E-state index in [1.165, 1.54) is 5.70 Å². The summed E-state index contributed by atoms with van der Waals surface area (Å²) < 4.78 is 5.22. The van der Waals surface area contributed by atoms with Crippen molar-refractivity contribution in [3.05, 3.63) is 70.1 Å². The molecular weight excluding hydrogens is 414 g/mol. The van der Waals surface area contributed by atoms with Gasteiger partial charge >= 0.3 is 0 Å². The fourth-order valence-electron chi connectivity index (χ4n) is 4.38. The number of hydrogen-bond acceptors (Lipinski definition) is 5. The molecule has 0 spiro atoms. The Morgan fingerprint density at radius 2 is 1.76 bits per heavy atom. The molecule has 6 heteroatoms. The van der Waals surface area contributed by atoms with Crippen LogP contribution in [-0.4, -0.2) is 54.6 Å². The Bertz CT molecular complexity index is 1100. The van der Waals surface area contributed by atoms with Gasteiger partial charge in [-0.2, -0.15) is 0 Å². The minimum atomic E-state index is -0.452. The van der Waals surface area contributed by atoms with Crippen molar-refractivity contribution in [1.82, 2.24) is 9.80 Å². The van der Waals surface area contributed by atoms with E-state index in [1.807, 2.05) is 58.3 Å². The van der Waals surface area contributed by atoms with E-state index in [9.17, 15) is 9.59 Å². The zero-order valence-electron chi connectivity index (χ0n) is 20.6. The fourth-order valence-corrected chi connectivity index (χ4v) is 4.38. The normalized spacial score (nSPS) is 19.0. The molecule has 0 saturated carbocycles. The van der Waals surface area contributed by atoms with Gasteiger partial charge in [-0.15, -0.1) is 0 Å². The lowest BCUT2D eigenvalue weighted by molar-refractivity contribution is -0.124. The minimum absolute atomic E-state index is 0.0633. The van der Waals surface area contributed by atoms with E-state index in [-0.39, 0.29) is 11.7 Å². The summed E-state index contributed by atoms with van der Waals surface area (Å²) in [7, 11) is 5.67. The molecule has 2 aliphatic rings. The van der Waals surface area contributed by atoms with E-state index in [0.717, 1.165) is 29.7 Å². The summed E-state index contributed by atoms with van der Waals surface area (Å²) in [6.45, 7) is 7.03. The highest BCUT2D eigenvalue weighted by Crippen LogP contribution is 2.34. The Morgan fingerprint density at radius 1 is 1.09 bits per heavy atom. The van der Waals surface area contributed by atoms with Crippen LogP contribution < -0.4 is 4.74 Å². The molecule has 1 heterocycles. The van der Waals surface area contributed by atoms with Gasteiger partial charge in [-0.05, 0) is 76.0 Å². The molecule has 0 aromatic heterocycles. The highest BCUT2D eigenvalue weighted by atomic mass is 16.5. The third-order valence-electron chi connectivity index (χ3n) is 6.12. The molecule has 0 N–H and O–H groups in total. The smallest absolute Gasteiger partial charge is 0.255 e. The van der Waals surface area contributed by atoms with Gasteiger partial charge in [0.25, 0.3) is 5.91 Å². The van der Waals surface area contributed by atoms with Crippen LogP contribution in [0.4, 0.5) is 0 Å². The second-order valence-electron chi connectivity index (χ2n) is 8.69. The fraction of sp³-hybridized carbons (Fsp3) is 0.370. The van der Waals surface area contributed by atoms with Crippen molar-refractivity contribution >= 4 is 23.6 Å². The summed E-state index contributed by atoms with van der Waals surface area (Å²) in [5.74, 6) is 1.13. The zero-order valence-corrected chi connectivity index (χ0v) is 20.6. The van der Waals surface area contributed by atoms with Crippen molar-refractivity contribution in [2.75, 3.05) is 21.2 Å².